The zero-order valence-corrected chi connectivity index (χ0v) is 12.4. The fourth-order valence-electron chi connectivity index (χ4n) is 1.38. The molecule has 0 aromatic rings. The molecule has 112 valence electrons. The SMILES string of the molecule is CCCNC(=O)CN(CCC)S(=O)(=O)C(C)C(=O)O. The van der Waals surface area contributed by atoms with Gasteiger partial charge in [0.25, 0.3) is 0 Å². The number of hydrogen-bond donors (Lipinski definition) is 2. The molecule has 19 heavy (non-hydrogen) atoms. The summed E-state index contributed by atoms with van der Waals surface area (Å²) in [5.41, 5.74) is 0. The maximum Gasteiger partial charge on any atom is 0.323 e. The van der Waals surface area contributed by atoms with E-state index in [0.717, 1.165) is 17.6 Å². The summed E-state index contributed by atoms with van der Waals surface area (Å²) >= 11 is 0. The first-order valence-corrected chi connectivity index (χ1v) is 7.76. The number of sulfonamides is 1. The molecule has 0 spiro atoms. The Bertz CT molecular complexity index is 407. The van der Waals surface area contributed by atoms with Crippen molar-refractivity contribution in [2.24, 2.45) is 0 Å². The highest BCUT2D eigenvalue weighted by molar-refractivity contribution is 7.90. The fourth-order valence-corrected chi connectivity index (χ4v) is 2.81. The van der Waals surface area contributed by atoms with Crippen molar-refractivity contribution in [2.45, 2.75) is 38.9 Å². The van der Waals surface area contributed by atoms with Crippen LogP contribution in [0.1, 0.15) is 33.6 Å². The second kappa shape index (κ2) is 8.11. The average Bonchev–Trinajstić information content (AvgIpc) is 2.34. The van der Waals surface area contributed by atoms with Gasteiger partial charge in [0.15, 0.2) is 5.25 Å². The Labute approximate surface area is 114 Å². The molecule has 0 saturated carbocycles. The van der Waals surface area contributed by atoms with Gasteiger partial charge in [0.05, 0.1) is 6.54 Å². The summed E-state index contributed by atoms with van der Waals surface area (Å²) in [6, 6.07) is 0. The molecule has 0 bridgehead atoms. The number of carboxylic acids is 1. The monoisotopic (exact) mass is 294 g/mol. The van der Waals surface area contributed by atoms with Crippen LogP contribution in [0.5, 0.6) is 0 Å². The average molecular weight is 294 g/mol. The summed E-state index contributed by atoms with van der Waals surface area (Å²) < 4.78 is 25.0. The van der Waals surface area contributed by atoms with E-state index in [1.165, 1.54) is 0 Å². The minimum Gasteiger partial charge on any atom is -0.480 e. The summed E-state index contributed by atoms with van der Waals surface area (Å²) in [4.78, 5) is 22.4. The number of hydrogen-bond acceptors (Lipinski definition) is 4. The number of nitrogens with zero attached hydrogens (tertiary/aromatic N) is 1. The topological polar surface area (TPSA) is 104 Å². The van der Waals surface area contributed by atoms with Gasteiger partial charge in [-0.2, -0.15) is 4.31 Å². The standard InChI is InChI=1S/C11H22N2O5S/c1-4-6-12-10(14)8-13(7-5-2)19(17,18)9(3)11(15)16/h9H,4-8H2,1-3H3,(H,12,14)(H,15,16). The van der Waals surface area contributed by atoms with E-state index in [1.807, 2.05) is 6.92 Å². The van der Waals surface area contributed by atoms with Gasteiger partial charge >= 0.3 is 5.97 Å². The van der Waals surface area contributed by atoms with Crippen LogP contribution < -0.4 is 5.32 Å². The lowest BCUT2D eigenvalue weighted by molar-refractivity contribution is -0.136. The number of rotatable bonds is 9. The molecule has 0 heterocycles. The van der Waals surface area contributed by atoms with Gasteiger partial charge in [0.2, 0.25) is 15.9 Å². The highest BCUT2D eigenvalue weighted by Crippen LogP contribution is 2.10. The Morgan fingerprint density at radius 3 is 2.26 bits per heavy atom. The molecule has 1 unspecified atom stereocenters. The van der Waals surface area contributed by atoms with E-state index in [9.17, 15) is 18.0 Å². The molecule has 0 radical (unpaired) electrons. The Kier molecular flexibility index (Phi) is 7.62. The Morgan fingerprint density at radius 1 is 1.26 bits per heavy atom. The molecule has 0 aliphatic carbocycles. The predicted octanol–water partition coefficient (Wildman–Crippen LogP) is 0.0275. The molecule has 0 saturated heterocycles. The zero-order valence-electron chi connectivity index (χ0n) is 11.5. The minimum absolute atomic E-state index is 0.125. The first kappa shape index (κ1) is 17.8. The third kappa shape index (κ3) is 5.56. The van der Waals surface area contributed by atoms with E-state index in [2.05, 4.69) is 5.32 Å². The van der Waals surface area contributed by atoms with Crippen LogP contribution in [0.25, 0.3) is 0 Å². The number of nitrogens with one attached hydrogen (secondary N) is 1. The van der Waals surface area contributed by atoms with E-state index < -0.39 is 27.1 Å². The molecule has 7 nitrogen and oxygen atoms in total. The maximum atomic E-state index is 12.0. The van der Waals surface area contributed by atoms with Gasteiger partial charge in [0.1, 0.15) is 0 Å². The van der Waals surface area contributed by atoms with Crippen molar-refractivity contribution in [1.29, 1.82) is 0 Å². The summed E-state index contributed by atoms with van der Waals surface area (Å²) in [6.07, 6.45) is 1.25. The van der Waals surface area contributed by atoms with Crippen LogP contribution in [0.4, 0.5) is 0 Å². The quantitative estimate of drug-likeness (QED) is 0.624. The van der Waals surface area contributed by atoms with Gasteiger partial charge in [-0.1, -0.05) is 13.8 Å². The van der Waals surface area contributed by atoms with Crippen molar-refractivity contribution in [3.63, 3.8) is 0 Å². The minimum atomic E-state index is -4.01. The van der Waals surface area contributed by atoms with Gasteiger partial charge in [-0.3, -0.25) is 9.59 Å². The molecular weight excluding hydrogens is 272 g/mol. The Hall–Kier alpha value is -1.15. The van der Waals surface area contributed by atoms with Crippen molar-refractivity contribution in [1.82, 2.24) is 9.62 Å². The number of carboxylic acid groups (broad SMARTS) is 1. The van der Waals surface area contributed by atoms with Crippen LogP contribution >= 0.6 is 0 Å². The highest BCUT2D eigenvalue weighted by atomic mass is 32.2. The van der Waals surface area contributed by atoms with Gasteiger partial charge < -0.3 is 10.4 Å². The molecular formula is C11H22N2O5S. The van der Waals surface area contributed by atoms with Crippen LogP contribution in [0.15, 0.2) is 0 Å². The lowest BCUT2D eigenvalue weighted by Gasteiger charge is -2.23. The second-order valence-corrected chi connectivity index (χ2v) is 6.46. The molecule has 8 heteroatoms. The van der Waals surface area contributed by atoms with Gasteiger partial charge in [-0.05, 0) is 19.8 Å². The first-order chi connectivity index (χ1) is 8.77. The molecule has 0 aromatic heterocycles. The smallest absolute Gasteiger partial charge is 0.323 e. The van der Waals surface area contributed by atoms with E-state index in [4.69, 9.17) is 5.11 Å². The van der Waals surface area contributed by atoms with E-state index in [1.54, 1.807) is 6.92 Å². The molecule has 1 atom stereocenters. The number of aliphatic carboxylic acids is 1. The summed E-state index contributed by atoms with van der Waals surface area (Å²) in [5, 5.41) is 9.82. The molecule has 0 aliphatic heterocycles. The number of carbonyl (C=O) groups excluding carboxylic acids is 1. The Balaban J connectivity index is 4.90. The lowest BCUT2D eigenvalue weighted by Crippen LogP contribution is -2.46. The van der Waals surface area contributed by atoms with Crippen molar-refractivity contribution in [3.05, 3.63) is 0 Å². The van der Waals surface area contributed by atoms with Crippen LogP contribution in [0, 0.1) is 0 Å². The van der Waals surface area contributed by atoms with Crippen molar-refractivity contribution in [3.8, 4) is 0 Å². The molecule has 0 aromatic carbocycles. The van der Waals surface area contributed by atoms with Crippen LogP contribution in [-0.4, -0.2) is 54.6 Å². The second-order valence-electron chi connectivity index (χ2n) is 4.21. The molecule has 0 rings (SSSR count). The Morgan fingerprint density at radius 2 is 1.84 bits per heavy atom. The molecule has 0 fully saturated rings. The van der Waals surface area contributed by atoms with Crippen molar-refractivity contribution < 1.29 is 23.1 Å². The van der Waals surface area contributed by atoms with E-state index >= 15 is 0 Å². The predicted molar refractivity (Wildman–Crippen MR) is 71.2 cm³/mol. The third-order valence-corrected chi connectivity index (χ3v) is 4.65. The number of carbonyl (C=O) groups is 2. The lowest BCUT2D eigenvalue weighted by atomic mass is 10.4. The zero-order chi connectivity index (χ0) is 15.1. The highest BCUT2D eigenvalue weighted by Gasteiger charge is 2.34. The van der Waals surface area contributed by atoms with Crippen LogP contribution in [0.3, 0.4) is 0 Å². The van der Waals surface area contributed by atoms with Crippen LogP contribution in [0.2, 0.25) is 0 Å². The molecule has 0 aliphatic rings. The molecule has 1 amide bonds. The van der Waals surface area contributed by atoms with Crippen molar-refractivity contribution in [2.75, 3.05) is 19.6 Å². The molecule has 2 N–H and O–H groups in total. The van der Waals surface area contributed by atoms with Gasteiger partial charge in [0, 0.05) is 13.1 Å². The summed E-state index contributed by atoms with van der Waals surface area (Å²) in [6.45, 7) is 5.00. The fraction of sp³-hybridized carbons (Fsp3) is 0.818. The largest absolute Gasteiger partial charge is 0.480 e. The van der Waals surface area contributed by atoms with Crippen molar-refractivity contribution >= 4 is 21.9 Å². The summed E-state index contributed by atoms with van der Waals surface area (Å²) in [5.74, 6) is -1.84. The summed E-state index contributed by atoms with van der Waals surface area (Å²) in [7, 11) is -4.01. The van der Waals surface area contributed by atoms with Gasteiger partial charge in [-0.25, -0.2) is 8.42 Å². The number of amides is 1. The van der Waals surface area contributed by atoms with E-state index in [0.29, 0.717) is 13.0 Å². The third-order valence-electron chi connectivity index (χ3n) is 2.52. The first-order valence-electron chi connectivity index (χ1n) is 6.25. The maximum absolute atomic E-state index is 12.0. The van der Waals surface area contributed by atoms with E-state index in [-0.39, 0.29) is 13.1 Å². The van der Waals surface area contributed by atoms with Gasteiger partial charge in [-0.15, -0.1) is 0 Å². The normalized spacial score (nSPS) is 13.3. The van der Waals surface area contributed by atoms with Crippen LogP contribution in [-0.2, 0) is 19.6 Å².